The molecule has 0 aliphatic heterocycles. The van der Waals surface area contributed by atoms with Crippen LogP contribution in [0.2, 0.25) is 0 Å². The van der Waals surface area contributed by atoms with Gasteiger partial charge in [0.2, 0.25) is 0 Å². The molecule has 21 heavy (non-hydrogen) atoms. The minimum absolute atomic E-state index is 0.00678. The van der Waals surface area contributed by atoms with Gasteiger partial charge in [-0.3, -0.25) is 10.1 Å². The maximum atomic E-state index is 11.3. The highest BCUT2D eigenvalue weighted by Gasteiger charge is 2.33. The largest absolute Gasteiger partial charge is 0.469 e. The summed E-state index contributed by atoms with van der Waals surface area (Å²) in [7, 11) is 0. The molecule has 7 heteroatoms. The highest BCUT2D eigenvalue weighted by Crippen LogP contribution is 2.36. The van der Waals surface area contributed by atoms with E-state index in [0.29, 0.717) is 12.2 Å². The molecular formula is C14H24N4O3. The number of aromatic nitrogens is 2. The number of nitrogens with zero attached hydrogens (tertiary/aromatic N) is 3. The number of hydrogen-bond donors (Lipinski definition) is 1. The summed E-state index contributed by atoms with van der Waals surface area (Å²) >= 11 is 0. The Hall–Kier alpha value is -1.63. The van der Waals surface area contributed by atoms with E-state index in [2.05, 4.69) is 5.10 Å². The van der Waals surface area contributed by atoms with Gasteiger partial charge in [0, 0.05) is 5.92 Å². The van der Waals surface area contributed by atoms with E-state index in [1.807, 2.05) is 13.8 Å². The van der Waals surface area contributed by atoms with E-state index in [1.165, 1.54) is 0 Å². The number of rotatable bonds is 5. The van der Waals surface area contributed by atoms with Crippen LogP contribution < -0.4 is 10.5 Å². The molecule has 0 amide bonds. The molecule has 0 aromatic carbocycles. The molecule has 1 fully saturated rings. The molecule has 0 radical (unpaired) electrons. The number of nitro groups is 1. The second-order valence-corrected chi connectivity index (χ2v) is 5.97. The van der Waals surface area contributed by atoms with E-state index < -0.39 is 4.92 Å². The normalized spacial score (nSPS) is 22.5. The van der Waals surface area contributed by atoms with Crippen LogP contribution in [0.15, 0.2) is 0 Å². The van der Waals surface area contributed by atoms with Crippen LogP contribution in [0.3, 0.4) is 0 Å². The molecule has 2 unspecified atom stereocenters. The lowest BCUT2D eigenvalue weighted by atomic mass is 9.86. The third kappa shape index (κ3) is 3.18. The first-order valence-electron chi connectivity index (χ1n) is 7.56. The van der Waals surface area contributed by atoms with Gasteiger partial charge in [0.1, 0.15) is 11.8 Å². The summed E-state index contributed by atoms with van der Waals surface area (Å²) in [5, 5.41) is 15.6. The van der Waals surface area contributed by atoms with Crippen molar-refractivity contribution in [3.63, 3.8) is 0 Å². The van der Waals surface area contributed by atoms with Crippen LogP contribution in [0.1, 0.15) is 51.3 Å². The van der Waals surface area contributed by atoms with Gasteiger partial charge in [-0.2, -0.15) is 5.10 Å². The van der Waals surface area contributed by atoms with Crippen molar-refractivity contribution in [1.29, 1.82) is 0 Å². The van der Waals surface area contributed by atoms with Crippen molar-refractivity contribution in [1.82, 2.24) is 9.78 Å². The minimum Gasteiger partial charge on any atom is -0.469 e. The Morgan fingerprint density at radius 3 is 2.71 bits per heavy atom. The molecular weight excluding hydrogens is 272 g/mol. The summed E-state index contributed by atoms with van der Waals surface area (Å²) in [4.78, 5) is 10.9. The molecule has 0 saturated heterocycles. The van der Waals surface area contributed by atoms with Crippen LogP contribution in [0.4, 0.5) is 5.69 Å². The van der Waals surface area contributed by atoms with E-state index in [4.69, 9.17) is 10.5 Å². The molecule has 1 aromatic heterocycles. The summed E-state index contributed by atoms with van der Waals surface area (Å²) in [6.45, 7) is 6.06. The Bertz CT molecular complexity index is 513. The zero-order chi connectivity index (χ0) is 15.6. The lowest BCUT2D eigenvalue weighted by Crippen LogP contribution is -2.36. The van der Waals surface area contributed by atoms with Crippen molar-refractivity contribution in [3.8, 4) is 5.88 Å². The molecule has 1 aromatic rings. The van der Waals surface area contributed by atoms with Gasteiger partial charge in [0.15, 0.2) is 0 Å². The van der Waals surface area contributed by atoms with Gasteiger partial charge in [0.05, 0.1) is 11.0 Å². The van der Waals surface area contributed by atoms with Gasteiger partial charge < -0.3 is 10.5 Å². The molecule has 7 nitrogen and oxygen atoms in total. The van der Waals surface area contributed by atoms with Gasteiger partial charge >= 0.3 is 5.69 Å². The van der Waals surface area contributed by atoms with E-state index in [-0.39, 0.29) is 29.6 Å². The van der Waals surface area contributed by atoms with E-state index in [0.717, 1.165) is 25.7 Å². The molecule has 118 valence electrons. The molecule has 1 heterocycles. The zero-order valence-electron chi connectivity index (χ0n) is 12.9. The highest BCUT2D eigenvalue weighted by atomic mass is 16.6. The quantitative estimate of drug-likeness (QED) is 0.665. The lowest BCUT2D eigenvalue weighted by molar-refractivity contribution is -0.386. The molecule has 2 atom stereocenters. The first kappa shape index (κ1) is 15.8. The summed E-state index contributed by atoms with van der Waals surface area (Å²) < 4.78 is 7.65. The third-order valence-electron chi connectivity index (χ3n) is 4.09. The fraction of sp³-hybridized carbons (Fsp3) is 0.786. The van der Waals surface area contributed by atoms with Crippen molar-refractivity contribution < 1.29 is 9.66 Å². The highest BCUT2D eigenvalue weighted by molar-refractivity contribution is 5.46. The second kappa shape index (κ2) is 6.43. The SMILES string of the molecule is Cc1nn(C(C)C)c(OC2CCCCC2CN)c1[N+](=O)[O-]. The van der Waals surface area contributed by atoms with Crippen molar-refractivity contribution in [3.05, 3.63) is 15.8 Å². The predicted molar refractivity (Wildman–Crippen MR) is 79.4 cm³/mol. The molecule has 0 bridgehead atoms. The topological polar surface area (TPSA) is 96.2 Å². The second-order valence-electron chi connectivity index (χ2n) is 5.97. The standard InChI is InChI=1S/C14H24N4O3/c1-9(2)17-14(13(18(19)20)10(3)16-17)21-12-7-5-4-6-11(12)8-15/h9,11-12H,4-8,15H2,1-3H3. The van der Waals surface area contributed by atoms with Crippen molar-refractivity contribution in [2.45, 2.75) is 58.6 Å². The van der Waals surface area contributed by atoms with E-state index in [9.17, 15) is 10.1 Å². The van der Waals surface area contributed by atoms with E-state index >= 15 is 0 Å². The maximum Gasteiger partial charge on any atom is 0.353 e. The Kier molecular flexibility index (Phi) is 4.82. The molecule has 0 spiro atoms. The molecule has 1 aliphatic carbocycles. The first-order valence-corrected chi connectivity index (χ1v) is 7.56. The zero-order valence-corrected chi connectivity index (χ0v) is 12.9. The van der Waals surface area contributed by atoms with Crippen LogP contribution in [-0.4, -0.2) is 27.4 Å². The fourth-order valence-electron chi connectivity index (χ4n) is 2.93. The molecule has 2 rings (SSSR count). The lowest BCUT2D eigenvalue weighted by Gasteiger charge is -2.30. The average molecular weight is 296 g/mol. The van der Waals surface area contributed by atoms with Gasteiger partial charge in [-0.05, 0) is 46.6 Å². The molecule has 1 saturated carbocycles. The minimum atomic E-state index is -0.406. The van der Waals surface area contributed by atoms with Crippen molar-refractivity contribution in [2.24, 2.45) is 11.7 Å². The Morgan fingerprint density at radius 2 is 2.14 bits per heavy atom. The Balaban J connectivity index is 2.34. The van der Waals surface area contributed by atoms with Gasteiger partial charge in [-0.1, -0.05) is 6.42 Å². The monoisotopic (exact) mass is 296 g/mol. The summed E-state index contributed by atoms with van der Waals surface area (Å²) in [6.07, 6.45) is 4.07. The van der Waals surface area contributed by atoms with Crippen molar-refractivity contribution >= 4 is 5.69 Å². The van der Waals surface area contributed by atoms with Gasteiger partial charge in [0.25, 0.3) is 5.88 Å². The molecule has 1 aliphatic rings. The Labute approximate surface area is 124 Å². The van der Waals surface area contributed by atoms with Gasteiger partial charge in [-0.15, -0.1) is 0 Å². The summed E-state index contributed by atoms with van der Waals surface area (Å²) in [5.41, 5.74) is 6.18. The number of ether oxygens (including phenoxy) is 1. The van der Waals surface area contributed by atoms with Crippen LogP contribution in [0.5, 0.6) is 5.88 Å². The van der Waals surface area contributed by atoms with Crippen LogP contribution >= 0.6 is 0 Å². The number of nitrogens with two attached hydrogens (primary N) is 1. The summed E-state index contributed by atoms with van der Waals surface area (Å²) in [5.74, 6) is 0.534. The first-order chi connectivity index (χ1) is 9.95. The summed E-state index contributed by atoms with van der Waals surface area (Å²) in [6, 6.07) is 0.00678. The number of aryl methyl sites for hydroxylation is 1. The smallest absolute Gasteiger partial charge is 0.353 e. The van der Waals surface area contributed by atoms with Gasteiger partial charge in [-0.25, -0.2) is 4.68 Å². The van der Waals surface area contributed by atoms with Crippen LogP contribution in [0.25, 0.3) is 0 Å². The van der Waals surface area contributed by atoms with E-state index in [1.54, 1.807) is 11.6 Å². The molecule has 2 N–H and O–H groups in total. The van der Waals surface area contributed by atoms with Crippen molar-refractivity contribution in [2.75, 3.05) is 6.54 Å². The average Bonchev–Trinajstić information content (AvgIpc) is 2.76. The Morgan fingerprint density at radius 1 is 1.48 bits per heavy atom. The maximum absolute atomic E-state index is 11.3. The third-order valence-corrected chi connectivity index (χ3v) is 4.09. The fourth-order valence-corrected chi connectivity index (χ4v) is 2.93. The van der Waals surface area contributed by atoms with Crippen LogP contribution in [0, 0.1) is 23.0 Å². The number of hydrogen-bond acceptors (Lipinski definition) is 5. The van der Waals surface area contributed by atoms with Crippen LogP contribution in [-0.2, 0) is 0 Å². The predicted octanol–water partition coefficient (Wildman–Crippen LogP) is 2.58.